The molecule has 0 aliphatic carbocycles. The van der Waals surface area contributed by atoms with Crippen molar-refractivity contribution in [3.63, 3.8) is 0 Å². The minimum absolute atomic E-state index is 0.251. The number of nitrogens with two attached hydrogens (primary N) is 1. The normalized spacial score (nSPS) is 10.4. The molecule has 2 N–H and O–H groups in total. The van der Waals surface area contributed by atoms with Crippen molar-refractivity contribution < 1.29 is 4.52 Å². The largest absolute Gasteiger partial charge is 0.338 e. The van der Waals surface area contributed by atoms with Crippen LogP contribution in [-0.4, -0.2) is 15.1 Å². The van der Waals surface area contributed by atoms with E-state index in [1.54, 1.807) is 5.38 Å². The molecule has 61 valence electrons. The van der Waals surface area contributed by atoms with Crippen molar-refractivity contribution in [2.75, 3.05) is 0 Å². The lowest BCUT2D eigenvalue weighted by atomic mass is 10.5. The summed E-state index contributed by atoms with van der Waals surface area (Å²) in [5.41, 5.74) is 8.66. The maximum absolute atomic E-state index is 5.29. The highest BCUT2D eigenvalue weighted by Gasteiger charge is 2.08. The lowest BCUT2D eigenvalue weighted by Gasteiger charge is -1.80. The Bertz CT molecular complexity index is 355. The van der Waals surface area contributed by atoms with E-state index in [0.29, 0.717) is 17.4 Å². The van der Waals surface area contributed by atoms with Crippen LogP contribution in [-0.2, 0) is 6.54 Å². The molecule has 2 rings (SSSR count). The summed E-state index contributed by atoms with van der Waals surface area (Å²) in [4.78, 5) is 7.89. The predicted molar refractivity (Wildman–Crippen MR) is 42.1 cm³/mol. The lowest BCUT2D eigenvalue weighted by Crippen LogP contribution is -1.95. The smallest absolute Gasteiger partial charge is 0.240 e. The fourth-order valence-electron chi connectivity index (χ4n) is 0.729. The van der Waals surface area contributed by atoms with Gasteiger partial charge in [0.05, 0.1) is 6.54 Å². The summed E-state index contributed by atoms with van der Waals surface area (Å²) in [5, 5.41) is 5.48. The lowest BCUT2D eigenvalue weighted by molar-refractivity contribution is 0.380. The predicted octanol–water partition coefficient (Wildman–Crippen LogP) is 0.452. The SMILES string of the molecule is NCc1nc(-c2cs[c]n2)no1. The first-order chi connectivity index (χ1) is 5.90. The van der Waals surface area contributed by atoms with Crippen LogP contribution in [0.15, 0.2) is 9.90 Å². The third kappa shape index (κ3) is 1.21. The van der Waals surface area contributed by atoms with Crippen molar-refractivity contribution in [2.45, 2.75) is 6.54 Å². The van der Waals surface area contributed by atoms with Crippen LogP contribution >= 0.6 is 11.3 Å². The van der Waals surface area contributed by atoms with Gasteiger partial charge in [-0.3, -0.25) is 0 Å². The molecule has 2 aromatic heterocycles. The number of rotatable bonds is 2. The fraction of sp³-hybridized carbons (Fsp3) is 0.167. The van der Waals surface area contributed by atoms with Crippen LogP contribution in [0.3, 0.4) is 0 Å². The number of hydrogen-bond donors (Lipinski definition) is 1. The highest BCUT2D eigenvalue weighted by molar-refractivity contribution is 7.07. The number of aromatic nitrogens is 3. The highest BCUT2D eigenvalue weighted by Crippen LogP contribution is 2.14. The van der Waals surface area contributed by atoms with E-state index in [9.17, 15) is 0 Å². The van der Waals surface area contributed by atoms with Crippen LogP contribution < -0.4 is 5.73 Å². The van der Waals surface area contributed by atoms with E-state index < -0.39 is 0 Å². The molecule has 0 atom stereocenters. The molecule has 2 heterocycles. The standard InChI is InChI=1S/C6H5N4OS/c7-1-5-9-6(10-11-5)4-2-12-3-8-4/h2H,1,7H2. The maximum atomic E-state index is 5.29. The molecule has 1 radical (unpaired) electrons. The molecule has 0 spiro atoms. The van der Waals surface area contributed by atoms with Gasteiger partial charge in [0.25, 0.3) is 0 Å². The molecule has 0 aliphatic heterocycles. The van der Waals surface area contributed by atoms with E-state index in [-0.39, 0.29) is 6.54 Å². The van der Waals surface area contributed by atoms with Gasteiger partial charge >= 0.3 is 0 Å². The van der Waals surface area contributed by atoms with Gasteiger partial charge in [-0.25, -0.2) is 4.98 Å². The molecule has 0 saturated heterocycles. The van der Waals surface area contributed by atoms with Crippen LogP contribution in [0, 0.1) is 5.51 Å². The first kappa shape index (κ1) is 7.38. The molecule has 0 bridgehead atoms. The second kappa shape index (κ2) is 3.00. The second-order valence-corrected chi connectivity index (χ2v) is 2.69. The average Bonchev–Trinajstić information content (AvgIpc) is 2.75. The summed E-state index contributed by atoms with van der Waals surface area (Å²) >= 11 is 1.36. The van der Waals surface area contributed by atoms with Gasteiger partial charge in [-0.15, -0.1) is 11.3 Å². The number of thiazole rings is 1. The van der Waals surface area contributed by atoms with Gasteiger partial charge in [0, 0.05) is 5.38 Å². The molecule has 5 nitrogen and oxygen atoms in total. The van der Waals surface area contributed by atoms with Crippen LogP contribution in [0.25, 0.3) is 11.5 Å². The van der Waals surface area contributed by atoms with E-state index in [2.05, 4.69) is 20.6 Å². The molecular weight excluding hydrogens is 176 g/mol. The summed E-state index contributed by atoms with van der Waals surface area (Å²) < 4.78 is 4.80. The minimum Gasteiger partial charge on any atom is -0.338 e. The Labute approximate surface area is 72.2 Å². The zero-order chi connectivity index (χ0) is 8.39. The zero-order valence-electron chi connectivity index (χ0n) is 6.02. The van der Waals surface area contributed by atoms with Crippen molar-refractivity contribution in [1.29, 1.82) is 0 Å². The van der Waals surface area contributed by atoms with E-state index in [0.717, 1.165) is 0 Å². The monoisotopic (exact) mass is 181 g/mol. The minimum atomic E-state index is 0.251. The van der Waals surface area contributed by atoms with Gasteiger partial charge in [0.2, 0.25) is 11.7 Å². The molecular formula is C6H5N4OS. The quantitative estimate of drug-likeness (QED) is 0.727. The Balaban J connectivity index is 2.35. The molecule has 0 unspecified atom stereocenters. The topological polar surface area (TPSA) is 77.8 Å². The second-order valence-electron chi connectivity index (χ2n) is 2.04. The van der Waals surface area contributed by atoms with Gasteiger partial charge < -0.3 is 10.3 Å². The van der Waals surface area contributed by atoms with Gasteiger partial charge in [0.15, 0.2) is 5.51 Å². The van der Waals surface area contributed by atoms with E-state index in [1.165, 1.54) is 11.3 Å². The molecule has 12 heavy (non-hydrogen) atoms. The van der Waals surface area contributed by atoms with Crippen LogP contribution in [0.4, 0.5) is 0 Å². The molecule has 6 heteroatoms. The van der Waals surface area contributed by atoms with Crippen LogP contribution in [0.2, 0.25) is 0 Å². The highest BCUT2D eigenvalue weighted by atomic mass is 32.1. The third-order valence-corrected chi connectivity index (χ3v) is 1.80. The number of nitrogens with zero attached hydrogens (tertiary/aromatic N) is 3. The van der Waals surface area contributed by atoms with Crippen molar-refractivity contribution >= 4 is 11.3 Å². The summed E-state index contributed by atoms with van der Waals surface area (Å²) in [7, 11) is 0. The molecule has 0 aliphatic rings. The first-order valence-corrected chi connectivity index (χ1v) is 4.12. The Kier molecular flexibility index (Phi) is 1.84. The molecule has 2 aromatic rings. The Morgan fingerprint density at radius 2 is 2.58 bits per heavy atom. The summed E-state index contributed by atoms with van der Waals surface area (Å²) in [6.07, 6.45) is 0. The van der Waals surface area contributed by atoms with E-state index >= 15 is 0 Å². The first-order valence-electron chi connectivity index (χ1n) is 3.25. The maximum Gasteiger partial charge on any atom is 0.240 e. The molecule has 0 fully saturated rings. The zero-order valence-corrected chi connectivity index (χ0v) is 6.84. The van der Waals surface area contributed by atoms with Crippen LogP contribution in [0.1, 0.15) is 5.89 Å². The fourth-order valence-corrected chi connectivity index (χ4v) is 1.20. The Hall–Kier alpha value is -1.27. The van der Waals surface area contributed by atoms with Crippen molar-refractivity contribution in [2.24, 2.45) is 5.73 Å². The Morgan fingerprint density at radius 1 is 1.67 bits per heavy atom. The van der Waals surface area contributed by atoms with Crippen molar-refractivity contribution in [3.8, 4) is 11.5 Å². The summed E-state index contributed by atoms with van der Waals surface area (Å²) in [6.45, 7) is 0.251. The van der Waals surface area contributed by atoms with Gasteiger partial charge in [-0.2, -0.15) is 4.98 Å². The third-order valence-electron chi connectivity index (χ3n) is 1.26. The average molecular weight is 181 g/mol. The summed E-state index contributed by atoms with van der Waals surface area (Å²) in [6, 6.07) is 0. The Morgan fingerprint density at radius 3 is 3.17 bits per heavy atom. The van der Waals surface area contributed by atoms with Crippen molar-refractivity contribution in [1.82, 2.24) is 15.1 Å². The van der Waals surface area contributed by atoms with Crippen molar-refractivity contribution in [3.05, 3.63) is 16.8 Å². The molecule has 0 amide bonds. The summed E-state index contributed by atoms with van der Waals surface area (Å²) in [5.74, 6) is 0.881. The van der Waals surface area contributed by atoms with E-state index in [1.807, 2.05) is 0 Å². The molecule has 0 aromatic carbocycles. The van der Waals surface area contributed by atoms with Gasteiger partial charge in [0.1, 0.15) is 5.69 Å². The molecule has 0 saturated carbocycles. The van der Waals surface area contributed by atoms with Crippen LogP contribution in [0.5, 0.6) is 0 Å². The van der Waals surface area contributed by atoms with Gasteiger partial charge in [-0.1, -0.05) is 5.16 Å². The van der Waals surface area contributed by atoms with Gasteiger partial charge in [-0.05, 0) is 0 Å². The number of hydrogen-bond acceptors (Lipinski definition) is 6. The van der Waals surface area contributed by atoms with E-state index in [4.69, 9.17) is 10.3 Å².